The van der Waals surface area contributed by atoms with Crippen molar-refractivity contribution in [3.8, 4) is 0 Å². The first-order valence-corrected chi connectivity index (χ1v) is 5.62. The molecule has 3 N–H and O–H groups in total. The Hall–Kier alpha value is -1.69. The summed E-state index contributed by atoms with van der Waals surface area (Å²) in [6.07, 6.45) is 0. The van der Waals surface area contributed by atoms with Gasteiger partial charge >= 0.3 is 5.97 Å². The normalized spacial score (nSPS) is 10.7. The Morgan fingerprint density at radius 3 is 2.50 bits per heavy atom. The van der Waals surface area contributed by atoms with Crippen molar-refractivity contribution in [1.29, 1.82) is 0 Å². The fourth-order valence-corrected chi connectivity index (χ4v) is 1.41. The number of hydrogen-bond acceptors (Lipinski definition) is 3. The molecule has 0 unspecified atom stereocenters. The van der Waals surface area contributed by atoms with E-state index in [0.717, 1.165) is 6.07 Å². The first-order chi connectivity index (χ1) is 8.43. The van der Waals surface area contributed by atoms with E-state index in [4.69, 9.17) is 5.11 Å². The third kappa shape index (κ3) is 3.66. The Bertz CT molecular complexity index is 436. The van der Waals surface area contributed by atoms with Gasteiger partial charge in [-0.2, -0.15) is 0 Å². The lowest BCUT2D eigenvalue weighted by Crippen LogP contribution is -2.28. The number of aromatic carboxylic acids is 1. The van der Waals surface area contributed by atoms with Crippen molar-refractivity contribution in [3.05, 3.63) is 29.3 Å². The second-order valence-corrected chi connectivity index (χ2v) is 4.13. The monoisotopic (exact) mass is 258 g/mol. The van der Waals surface area contributed by atoms with Crippen LogP contribution in [0, 0.1) is 11.6 Å². The van der Waals surface area contributed by atoms with E-state index in [0.29, 0.717) is 19.1 Å². The van der Waals surface area contributed by atoms with Gasteiger partial charge in [-0.05, 0) is 12.1 Å². The van der Waals surface area contributed by atoms with E-state index in [1.165, 1.54) is 6.07 Å². The zero-order valence-corrected chi connectivity index (χ0v) is 10.3. The maximum absolute atomic E-state index is 13.5. The van der Waals surface area contributed by atoms with Crippen LogP contribution in [0.2, 0.25) is 0 Å². The van der Waals surface area contributed by atoms with Crippen molar-refractivity contribution in [2.75, 3.05) is 18.4 Å². The highest BCUT2D eigenvalue weighted by Gasteiger charge is 2.17. The first-order valence-electron chi connectivity index (χ1n) is 5.62. The summed E-state index contributed by atoms with van der Waals surface area (Å²) < 4.78 is 26.8. The molecule has 1 rings (SSSR count). The number of carboxylic acids is 1. The summed E-state index contributed by atoms with van der Waals surface area (Å²) in [6.45, 7) is 4.96. The number of carbonyl (C=O) groups is 1. The molecule has 0 aliphatic carbocycles. The molecule has 4 nitrogen and oxygen atoms in total. The minimum absolute atomic E-state index is 0.0388. The molecule has 0 amide bonds. The number of nitrogens with one attached hydrogen (secondary N) is 2. The zero-order chi connectivity index (χ0) is 13.7. The number of benzene rings is 1. The van der Waals surface area contributed by atoms with Crippen molar-refractivity contribution in [3.63, 3.8) is 0 Å². The van der Waals surface area contributed by atoms with Crippen LogP contribution in [-0.2, 0) is 0 Å². The van der Waals surface area contributed by atoms with E-state index in [-0.39, 0.29) is 5.69 Å². The summed E-state index contributed by atoms with van der Waals surface area (Å²) in [5, 5.41) is 14.4. The molecule has 0 saturated heterocycles. The van der Waals surface area contributed by atoms with Crippen molar-refractivity contribution in [1.82, 2.24) is 5.32 Å². The number of carboxylic acid groups (broad SMARTS) is 1. The van der Waals surface area contributed by atoms with Crippen LogP contribution in [0.15, 0.2) is 12.1 Å². The Kier molecular flexibility index (Phi) is 5.03. The molecule has 0 aliphatic rings. The van der Waals surface area contributed by atoms with E-state index in [2.05, 4.69) is 10.6 Å². The quantitative estimate of drug-likeness (QED) is 0.684. The highest BCUT2D eigenvalue weighted by Crippen LogP contribution is 2.20. The smallest absolute Gasteiger partial charge is 0.338 e. The number of rotatable bonds is 6. The van der Waals surface area contributed by atoms with Crippen LogP contribution < -0.4 is 10.6 Å². The summed E-state index contributed by atoms with van der Waals surface area (Å²) >= 11 is 0. The predicted molar refractivity (Wildman–Crippen MR) is 64.9 cm³/mol. The topological polar surface area (TPSA) is 61.4 Å². The second kappa shape index (κ2) is 6.30. The van der Waals surface area contributed by atoms with Crippen LogP contribution >= 0.6 is 0 Å². The summed E-state index contributed by atoms with van der Waals surface area (Å²) in [4.78, 5) is 10.6. The Labute approximate surface area is 104 Å². The molecular weight excluding hydrogens is 242 g/mol. The van der Waals surface area contributed by atoms with Crippen molar-refractivity contribution in [2.45, 2.75) is 19.9 Å². The number of anilines is 1. The van der Waals surface area contributed by atoms with Crippen LogP contribution in [-0.4, -0.2) is 30.2 Å². The molecule has 6 heteroatoms. The van der Waals surface area contributed by atoms with Gasteiger partial charge in [0.1, 0.15) is 0 Å². The highest BCUT2D eigenvalue weighted by atomic mass is 19.2. The molecule has 18 heavy (non-hydrogen) atoms. The van der Waals surface area contributed by atoms with Crippen LogP contribution in [0.3, 0.4) is 0 Å². The maximum atomic E-state index is 13.5. The lowest BCUT2D eigenvalue weighted by molar-refractivity contribution is 0.0690. The molecule has 0 heterocycles. The molecule has 0 radical (unpaired) electrons. The van der Waals surface area contributed by atoms with Gasteiger partial charge in [0, 0.05) is 19.1 Å². The molecular formula is C12H16F2N2O2. The summed E-state index contributed by atoms with van der Waals surface area (Å²) in [6, 6.07) is 2.57. The highest BCUT2D eigenvalue weighted by molar-refractivity contribution is 5.88. The molecule has 100 valence electrons. The van der Waals surface area contributed by atoms with Gasteiger partial charge < -0.3 is 15.7 Å². The zero-order valence-electron chi connectivity index (χ0n) is 10.3. The molecule has 1 aromatic carbocycles. The van der Waals surface area contributed by atoms with E-state index in [9.17, 15) is 13.6 Å². The molecule has 1 aromatic rings. The van der Waals surface area contributed by atoms with Crippen molar-refractivity contribution >= 4 is 11.7 Å². The average molecular weight is 258 g/mol. The lowest BCUT2D eigenvalue weighted by atomic mass is 10.2. The fraction of sp³-hybridized carbons (Fsp3) is 0.417. The largest absolute Gasteiger partial charge is 0.478 e. The summed E-state index contributed by atoms with van der Waals surface area (Å²) in [7, 11) is 0. The van der Waals surface area contributed by atoms with E-state index < -0.39 is 23.2 Å². The van der Waals surface area contributed by atoms with Gasteiger partial charge in [0.25, 0.3) is 0 Å². The Morgan fingerprint density at radius 1 is 1.28 bits per heavy atom. The second-order valence-electron chi connectivity index (χ2n) is 4.13. The van der Waals surface area contributed by atoms with Gasteiger partial charge in [-0.15, -0.1) is 0 Å². The SMILES string of the molecule is CC(C)NCCNc1ccc(C(=O)O)c(F)c1F. The summed E-state index contributed by atoms with van der Waals surface area (Å²) in [5.74, 6) is -4.00. The van der Waals surface area contributed by atoms with Gasteiger partial charge in [-0.3, -0.25) is 0 Å². The van der Waals surface area contributed by atoms with Crippen LogP contribution in [0.4, 0.5) is 14.5 Å². The van der Waals surface area contributed by atoms with E-state index in [1.54, 1.807) is 0 Å². The van der Waals surface area contributed by atoms with Gasteiger partial charge in [0.15, 0.2) is 11.6 Å². The first kappa shape index (κ1) is 14.4. The van der Waals surface area contributed by atoms with Gasteiger partial charge in [-0.1, -0.05) is 13.8 Å². The van der Waals surface area contributed by atoms with Crippen LogP contribution in [0.25, 0.3) is 0 Å². The van der Waals surface area contributed by atoms with E-state index in [1.807, 2.05) is 13.8 Å². The average Bonchev–Trinajstić information content (AvgIpc) is 2.29. The van der Waals surface area contributed by atoms with Crippen molar-refractivity contribution in [2.24, 2.45) is 0 Å². The molecule has 0 aliphatic heterocycles. The van der Waals surface area contributed by atoms with E-state index >= 15 is 0 Å². The van der Waals surface area contributed by atoms with Gasteiger partial charge in [0.05, 0.1) is 11.3 Å². The minimum Gasteiger partial charge on any atom is -0.478 e. The van der Waals surface area contributed by atoms with Crippen LogP contribution in [0.5, 0.6) is 0 Å². The molecule has 0 aromatic heterocycles. The molecule has 0 atom stereocenters. The fourth-order valence-electron chi connectivity index (χ4n) is 1.41. The molecule has 0 spiro atoms. The third-order valence-corrected chi connectivity index (χ3v) is 2.31. The molecule has 0 bridgehead atoms. The predicted octanol–water partition coefficient (Wildman–Crippen LogP) is 2.07. The molecule has 0 saturated carbocycles. The molecule has 0 fully saturated rings. The number of hydrogen-bond donors (Lipinski definition) is 3. The Balaban J connectivity index is 2.68. The Morgan fingerprint density at radius 2 is 1.94 bits per heavy atom. The summed E-state index contributed by atoms with van der Waals surface area (Å²) in [5.41, 5.74) is -0.707. The lowest BCUT2D eigenvalue weighted by Gasteiger charge is -2.11. The van der Waals surface area contributed by atoms with Crippen molar-refractivity contribution < 1.29 is 18.7 Å². The standard InChI is InChI=1S/C12H16F2N2O2/c1-7(2)15-5-6-16-9-4-3-8(12(17)18)10(13)11(9)14/h3-4,7,15-16H,5-6H2,1-2H3,(H,17,18). The minimum atomic E-state index is -1.49. The van der Waals surface area contributed by atoms with Crippen LogP contribution in [0.1, 0.15) is 24.2 Å². The third-order valence-electron chi connectivity index (χ3n) is 2.31. The van der Waals surface area contributed by atoms with Gasteiger partial charge in [0.2, 0.25) is 0 Å². The maximum Gasteiger partial charge on any atom is 0.338 e. The number of halogens is 2. The van der Waals surface area contributed by atoms with Gasteiger partial charge in [-0.25, -0.2) is 13.6 Å².